The zero-order chi connectivity index (χ0) is 34.6. The summed E-state index contributed by atoms with van der Waals surface area (Å²) >= 11 is 0. The molecule has 3 aromatic heterocycles. The lowest BCUT2D eigenvalue weighted by Crippen LogP contribution is -2.55. The van der Waals surface area contributed by atoms with Crippen molar-refractivity contribution in [1.29, 1.82) is 0 Å². The summed E-state index contributed by atoms with van der Waals surface area (Å²) in [6.07, 6.45) is 5.08. The quantitative estimate of drug-likeness (QED) is 0.203. The van der Waals surface area contributed by atoms with Gasteiger partial charge in [-0.1, -0.05) is 24.3 Å². The van der Waals surface area contributed by atoms with E-state index in [1.165, 1.54) is 12.8 Å². The molecule has 2 saturated carbocycles. The number of aromatic nitrogens is 3. The summed E-state index contributed by atoms with van der Waals surface area (Å²) in [6.45, 7) is 9.93. The Morgan fingerprint density at radius 3 is 2.52 bits per heavy atom. The third kappa shape index (κ3) is 4.82. The van der Waals surface area contributed by atoms with Crippen LogP contribution in [0.4, 0.5) is 4.79 Å². The highest BCUT2D eigenvalue weighted by Crippen LogP contribution is 2.44. The number of carbonyl (C=O) groups excluding carboxylic acids is 2. The lowest BCUT2D eigenvalue weighted by Gasteiger charge is -2.40. The summed E-state index contributed by atoms with van der Waals surface area (Å²) in [5, 5.41) is 19.3. The molecule has 256 valence electrons. The number of benzene rings is 2. The molecular weight excluding hydrogens is 628 g/mol. The van der Waals surface area contributed by atoms with Gasteiger partial charge in [-0.3, -0.25) is 14.5 Å². The van der Waals surface area contributed by atoms with Crippen LogP contribution in [-0.2, 0) is 13.1 Å². The zero-order valence-electron chi connectivity index (χ0n) is 28.9. The largest absolute Gasteiger partial charge is 0.465 e. The lowest BCUT2D eigenvalue weighted by atomic mass is 9.98. The second kappa shape index (κ2) is 10.9. The lowest BCUT2D eigenvalue weighted by molar-refractivity contribution is 0.0503. The maximum atomic E-state index is 14.1. The number of carboxylic acid groups (broad SMARTS) is 1. The maximum absolute atomic E-state index is 14.1. The van der Waals surface area contributed by atoms with Crippen LogP contribution >= 0.6 is 0 Å². The van der Waals surface area contributed by atoms with Crippen LogP contribution in [0.15, 0.2) is 60.8 Å². The van der Waals surface area contributed by atoms with Crippen molar-refractivity contribution < 1.29 is 19.5 Å². The number of fused-ring (bicyclic) bond motifs is 5. The molecule has 2 N–H and O–H groups in total. The first-order valence-electron chi connectivity index (χ1n) is 17.8. The summed E-state index contributed by atoms with van der Waals surface area (Å²) in [6, 6.07) is 18.4. The van der Waals surface area contributed by atoms with Crippen molar-refractivity contribution >= 4 is 34.3 Å². The van der Waals surface area contributed by atoms with Gasteiger partial charge in [-0.15, -0.1) is 0 Å². The summed E-state index contributed by atoms with van der Waals surface area (Å²) in [7, 11) is 0. The molecule has 50 heavy (non-hydrogen) atoms. The second-order valence-electron chi connectivity index (χ2n) is 15.8. The van der Waals surface area contributed by atoms with Gasteiger partial charge in [0.05, 0.1) is 28.9 Å². The van der Waals surface area contributed by atoms with Crippen LogP contribution in [0.25, 0.3) is 38.9 Å². The van der Waals surface area contributed by atoms with E-state index in [-0.39, 0.29) is 29.8 Å². The Morgan fingerprint density at radius 2 is 1.76 bits per heavy atom. The number of carbonyl (C=O) groups is 3. The van der Waals surface area contributed by atoms with Gasteiger partial charge in [0.2, 0.25) is 0 Å². The number of nitrogens with zero attached hydrogens (tertiary/aromatic N) is 5. The first-order valence-corrected chi connectivity index (χ1v) is 17.8. The molecule has 2 unspecified atom stereocenters. The van der Waals surface area contributed by atoms with E-state index in [0.717, 1.165) is 75.0 Å². The molecule has 5 heterocycles. The molecule has 10 nitrogen and oxygen atoms in total. The monoisotopic (exact) mass is 670 g/mol. The van der Waals surface area contributed by atoms with Crippen LogP contribution in [-0.4, -0.2) is 71.2 Å². The van der Waals surface area contributed by atoms with Crippen molar-refractivity contribution in [2.45, 2.75) is 84.1 Å². The van der Waals surface area contributed by atoms with Gasteiger partial charge in [0.25, 0.3) is 11.8 Å². The Balaban J connectivity index is 1.06. The van der Waals surface area contributed by atoms with Crippen molar-refractivity contribution in [2.75, 3.05) is 6.54 Å². The standard InChI is InChI=1S/C40H42N6O4/c1-22-31-13-12-29(38(48)44-20-28-11-14-32(44)36(28)46(39(49)50)40(2,3)4)21-45(31)42-35(22)34-17-26-9-7-25(16-33(26)43(34)19-23-5-6-23)24-8-10-27-18-41-37(47)30(27)15-24/h7-10,12-13,15-17,21,23,28,32,36H,5-6,11,14,18-20H2,1-4H3,(H,41,47)(H,49,50)/t28?,32?,36-/m1/s1. The number of likely N-dealkylation sites (tertiary alicyclic amines) is 1. The van der Waals surface area contributed by atoms with Crippen LogP contribution in [0.1, 0.15) is 78.3 Å². The zero-order valence-corrected chi connectivity index (χ0v) is 28.9. The minimum absolute atomic E-state index is 0.0169. The molecule has 2 aliphatic heterocycles. The average Bonchev–Trinajstić information content (AvgIpc) is 3.32. The molecule has 4 aliphatic rings. The van der Waals surface area contributed by atoms with Gasteiger partial charge in [0.1, 0.15) is 5.69 Å². The Hall–Kier alpha value is -5.12. The normalized spacial score (nSPS) is 21.3. The van der Waals surface area contributed by atoms with E-state index in [4.69, 9.17) is 5.10 Å². The van der Waals surface area contributed by atoms with Crippen molar-refractivity contribution in [3.05, 3.63) is 83.0 Å². The topological polar surface area (TPSA) is 112 Å². The Labute approximate surface area is 290 Å². The molecule has 2 bridgehead atoms. The first kappa shape index (κ1) is 30.9. The molecule has 3 atom stereocenters. The summed E-state index contributed by atoms with van der Waals surface area (Å²) < 4.78 is 4.24. The van der Waals surface area contributed by atoms with Crippen molar-refractivity contribution in [2.24, 2.45) is 11.8 Å². The maximum Gasteiger partial charge on any atom is 0.408 e. The molecule has 0 radical (unpaired) electrons. The molecule has 0 spiro atoms. The predicted octanol–water partition coefficient (Wildman–Crippen LogP) is 6.97. The van der Waals surface area contributed by atoms with E-state index in [1.54, 1.807) is 4.90 Å². The van der Waals surface area contributed by atoms with Gasteiger partial charge >= 0.3 is 6.09 Å². The van der Waals surface area contributed by atoms with Crippen LogP contribution in [0.3, 0.4) is 0 Å². The van der Waals surface area contributed by atoms with Crippen molar-refractivity contribution in [3.8, 4) is 22.5 Å². The molecule has 3 amide bonds. The minimum Gasteiger partial charge on any atom is -0.465 e. The number of hydrogen-bond donors (Lipinski definition) is 2. The van der Waals surface area contributed by atoms with Crippen LogP contribution < -0.4 is 5.32 Å². The molecule has 2 aliphatic carbocycles. The molecule has 2 aromatic carbocycles. The molecule has 10 heteroatoms. The third-order valence-electron chi connectivity index (χ3n) is 11.6. The summed E-state index contributed by atoms with van der Waals surface area (Å²) in [4.78, 5) is 42.3. The number of rotatable bonds is 6. The van der Waals surface area contributed by atoms with E-state index in [0.29, 0.717) is 24.6 Å². The molecule has 5 aromatic rings. The first-order chi connectivity index (χ1) is 24.0. The summed E-state index contributed by atoms with van der Waals surface area (Å²) in [5.74, 6) is 0.681. The van der Waals surface area contributed by atoms with Gasteiger partial charge in [-0.25, -0.2) is 9.31 Å². The fourth-order valence-corrected chi connectivity index (χ4v) is 8.93. The van der Waals surface area contributed by atoms with E-state index in [9.17, 15) is 19.5 Å². The molecular formula is C40H42N6O4. The van der Waals surface area contributed by atoms with E-state index < -0.39 is 11.6 Å². The number of amides is 3. The molecule has 3 fully saturated rings. The predicted molar refractivity (Wildman–Crippen MR) is 191 cm³/mol. The Kier molecular flexibility index (Phi) is 6.76. The van der Waals surface area contributed by atoms with E-state index in [1.807, 2.05) is 60.6 Å². The number of pyridine rings is 1. The Bertz CT molecular complexity index is 2260. The van der Waals surface area contributed by atoms with E-state index >= 15 is 0 Å². The van der Waals surface area contributed by atoms with Crippen molar-refractivity contribution in [1.82, 2.24) is 29.3 Å². The fraction of sp³-hybridized carbons (Fsp3) is 0.400. The highest BCUT2D eigenvalue weighted by molar-refractivity contribution is 6.00. The highest BCUT2D eigenvalue weighted by Gasteiger charge is 2.54. The second-order valence-corrected chi connectivity index (χ2v) is 15.8. The van der Waals surface area contributed by atoms with Crippen LogP contribution in [0.2, 0.25) is 0 Å². The van der Waals surface area contributed by atoms with Crippen LogP contribution in [0.5, 0.6) is 0 Å². The van der Waals surface area contributed by atoms with Gasteiger partial charge in [0, 0.05) is 53.4 Å². The highest BCUT2D eigenvalue weighted by atomic mass is 16.4. The van der Waals surface area contributed by atoms with Crippen molar-refractivity contribution in [3.63, 3.8) is 0 Å². The van der Waals surface area contributed by atoms with Gasteiger partial charge in [-0.2, -0.15) is 5.10 Å². The van der Waals surface area contributed by atoms with Gasteiger partial charge in [0.15, 0.2) is 0 Å². The number of nitrogens with one attached hydrogen (secondary N) is 1. The third-order valence-corrected chi connectivity index (χ3v) is 11.6. The Morgan fingerprint density at radius 1 is 0.980 bits per heavy atom. The summed E-state index contributed by atoms with van der Waals surface area (Å²) in [5.41, 5.74) is 8.98. The van der Waals surface area contributed by atoms with Gasteiger partial charge < -0.3 is 19.9 Å². The van der Waals surface area contributed by atoms with E-state index in [2.05, 4.69) is 47.1 Å². The molecule has 1 saturated heterocycles. The average molecular weight is 671 g/mol. The number of piperidine rings is 1. The number of aryl methyl sites for hydroxylation is 1. The fourth-order valence-electron chi connectivity index (χ4n) is 8.93. The van der Waals surface area contributed by atoms with Crippen LogP contribution in [0, 0.1) is 18.8 Å². The SMILES string of the molecule is Cc1c(-c2cc3ccc(-c4ccc5c(c4)C(=O)NC5)cc3n2CC2CC2)nn2cc(C(=O)N3CC4CCC3[C@@H]4N(C(=O)O)C(C)(C)C)ccc12. The number of hydrogen-bond acceptors (Lipinski definition) is 4. The van der Waals surface area contributed by atoms with Gasteiger partial charge in [-0.05, 0) is 112 Å². The minimum atomic E-state index is -0.928. The molecule has 9 rings (SSSR count). The smallest absolute Gasteiger partial charge is 0.408 e.